The third-order valence-electron chi connectivity index (χ3n) is 5.47. The molecule has 0 aliphatic heterocycles. The van der Waals surface area contributed by atoms with Crippen molar-refractivity contribution in [3.05, 3.63) is 77.5 Å². The van der Waals surface area contributed by atoms with Crippen LogP contribution < -0.4 is 5.32 Å². The number of benzene rings is 1. The first-order valence-electron chi connectivity index (χ1n) is 9.97. The zero-order valence-electron chi connectivity index (χ0n) is 16.6. The van der Waals surface area contributed by atoms with Gasteiger partial charge in [-0.25, -0.2) is 9.37 Å². The lowest BCUT2D eigenvalue weighted by atomic mass is 10.0. The molecule has 0 radical (unpaired) electrons. The fourth-order valence-electron chi connectivity index (χ4n) is 3.93. The predicted molar refractivity (Wildman–Crippen MR) is 115 cm³/mol. The van der Waals surface area contributed by atoms with Gasteiger partial charge in [0.05, 0.1) is 24.7 Å². The Morgan fingerprint density at radius 1 is 1.16 bits per heavy atom. The number of aliphatic hydroxyl groups is 1. The molecule has 3 N–H and O–H groups in total. The molecule has 0 fully saturated rings. The van der Waals surface area contributed by atoms with E-state index < -0.39 is 5.82 Å². The first-order chi connectivity index (χ1) is 15.1. The van der Waals surface area contributed by atoms with E-state index >= 15 is 0 Å². The van der Waals surface area contributed by atoms with Gasteiger partial charge in [0.15, 0.2) is 5.65 Å². The Kier molecular flexibility index (Phi) is 4.83. The smallest absolute Gasteiger partial charge is 0.163 e. The summed E-state index contributed by atoms with van der Waals surface area (Å²) in [7, 11) is 0. The van der Waals surface area contributed by atoms with E-state index in [1.165, 1.54) is 11.6 Å². The zero-order chi connectivity index (χ0) is 21.4. The molecule has 7 nitrogen and oxygen atoms in total. The quantitative estimate of drug-likeness (QED) is 0.444. The van der Waals surface area contributed by atoms with Crippen LogP contribution in [-0.2, 0) is 13.0 Å². The average Bonchev–Trinajstić information content (AvgIpc) is 3.38. The Labute approximate surface area is 177 Å². The lowest BCUT2D eigenvalue weighted by Crippen LogP contribution is -2.09. The van der Waals surface area contributed by atoms with Crippen molar-refractivity contribution in [3.63, 3.8) is 0 Å². The minimum absolute atomic E-state index is 0.200. The molecule has 0 saturated carbocycles. The number of nitrogens with one attached hydrogen (secondary N) is 1. The highest BCUT2D eigenvalue weighted by Gasteiger charge is 2.17. The van der Waals surface area contributed by atoms with Crippen molar-refractivity contribution in [2.75, 3.05) is 11.9 Å². The number of aromatic hydroxyl groups is 1. The summed E-state index contributed by atoms with van der Waals surface area (Å²) in [5.74, 6) is 0.562. The molecule has 4 aromatic rings. The molecular weight excluding hydrogens is 397 g/mol. The number of allylic oxidation sites excluding steroid dienone is 1. The number of halogens is 1. The molecule has 1 aromatic carbocycles. The van der Waals surface area contributed by atoms with Gasteiger partial charge < -0.3 is 15.5 Å². The molecule has 3 aromatic heterocycles. The number of anilines is 1. The number of phenols is 1. The SMILES string of the molecule is OCc1cnn2c(NCCC3=CCc4c(O)cccc43)cc(-c3cncc(F)c3)nc12. The van der Waals surface area contributed by atoms with Crippen molar-refractivity contribution in [2.24, 2.45) is 0 Å². The van der Waals surface area contributed by atoms with Gasteiger partial charge in [-0.3, -0.25) is 4.98 Å². The first-order valence-corrected chi connectivity index (χ1v) is 9.97. The zero-order valence-corrected chi connectivity index (χ0v) is 16.6. The van der Waals surface area contributed by atoms with Crippen LogP contribution in [0.5, 0.6) is 5.75 Å². The monoisotopic (exact) mass is 417 g/mol. The standard InChI is InChI=1S/C23H20FN5O2/c24-17-8-15(10-25-12-17)20-9-22(29-23(28-20)16(13-30)11-27-29)26-7-6-14-4-5-19-18(14)2-1-3-21(19)31/h1-4,8-12,26,30-31H,5-7,13H2. The van der Waals surface area contributed by atoms with Gasteiger partial charge >= 0.3 is 0 Å². The van der Waals surface area contributed by atoms with Gasteiger partial charge in [-0.05, 0) is 36.1 Å². The van der Waals surface area contributed by atoms with Crippen molar-refractivity contribution >= 4 is 17.0 Å². The Morgan fingerprint density at radius 2 is 2.06 bits per heavy atom. The van der Waals surface area contributed by atoms with E-state index in [0.29, 0.717) is 40.6 Å². The molecule has 3 heterocycles. The fraction of sp³-hybridized carbons (Fsp3) is 0.174. The second-order valence-corrected chi connectivity index (χ2v) is 7.40. The number of hydrogen-bond donors (Lipinski definition) is 3. The number of aliphatic hydroxyl groups excluding tert-OH is 1. The number of hydrogen-bond acceptors (Lipinski definition) is 6. The van der Waals surface area contributed by atoms with Crippen molar-refractivity contribution in [2.45, 2.75) is 19.4 Å². The highest BCUT2D eigenvalue weighted by molar-refractivity contribution is 5.75. The molecule has 0 saturated heterocycles. The van der Waals surface area contributed by atoms with Crippen LogP contribution in [0.15, 0.2) is 55.0 Å². The predicted octanol–water partition coefficient (Wildman–Crippen LogP) is 3.57. The minimum Gasteiger partial charge on any atom is -0.508 e. The minimum atomic E-state index is -0.445. The summed E-state index contributed by atoms with van der Waals surface area (Å²) in [6.45, 7) is 0.420. The van der Waals surface area contributed by atoms with E-state index in [2.05, 4.69) is 26.5 Å². The summed E-state index contributed by atoms with van der Waals surface area (Å²) in [6, 6.07) is 8.75. The van der Waals surface area contributed by atoms with Gasteiger partial charge in [0.25, 0.3) is 0 Å². The molecule has 8 heteroatoms. The van der Waals surface area contributed by atoms with E-state index in [0.717, 1.165) is 30.2 Å². The maximum Gasteiger partial charge on any atom is 0.163 e. The molecule has 1 aliphatic rings. The van der Waals surface area contributed by atoms with Crippen LogP contribution >= 0.6 is 0 Å². The third kappa shape index (κ3) is 3.51. The van der Waals surface area contributed by atoms with E-state index in [9.17, 15) is 14.6 Å². The summed E-state index contributed by atoms with van der Waals surface area (Å²) in [4.78, 5) is 8.47. The highest BCUT2D eigenvalue weighted by atomic mass is 19.1. The molecule has 0 unspecified atom stereocenters. The number of phenolic OH excluding ortho intramolecular Hbond substituents is 1. The lowest BCUT2D eigenvalue weighted by molar-refractivity contribution is 0.283. The van der Waals surface area contributed by atoms with Gasteiger partial charge in [0.2, 0.25) is 0 Å². The van der Waals surface area contributed by atoms with Crippen molar-refractivity contribution in [1.82, 2.24) is 19.6 Å². The Hall–Kier alpha value is -3.78. The summed E-state index contributed by atoms with van der Waals surface area (Å²) in [5.41, 5.74) is 5.37. The summed E-state index contributed by atoms with van der Waals surface area (Å²) >= 11 is 0. The molecule has 156 valence electrons. The van der Waals surface area contributed by atoms with Crippen LogP contribution in [0.4, 0.5) is 10.2 Å². The molecule has 0 amide bonds. The lowest BCUT2D eigenvalue weighted by Gasteiger charge is -2.12. The van der Waals surface area contributed by atoms with Crippen molar-refractivity contribution in [3.8, 4) is 17.0 Å². The van der Waals surface area contributed by atoms with E-state index in [1.807, 2.05) is 12.1 Å². The van der Waals surface area contributed by atoms with Crippen molar-refractivity contribution < 1.29 is 14.6 Å². The van der Waals surface area contributed by atoms with Crippen LogP contribution in [0, 0.1) is 5.82 Å². The van der Waals surface area contributed by atoms with Crippen LogP contribution in [0.1, 0.15) is 23.1 Å². The van der Waals surface area contributed by atoms with E-state index in [4.69, 9.17) is 0 Å². The number of rotatable bonds is 6. The molecule has 0 atom stereocenters. The topological polar surface area (TPSA) is 95.6 Å². The summed E-state index contributed by atoms with van der Waals surface area (Å²) < 4.78 is 15.3. The summed E-state index contributed by atoms with van der Waals surface area (Å²) in [6.07, 6.45) is 7.88. The third-order valence-corrected chi connectivity index (χ3v) is 5.47. The second kappa shape index (κ2) is 7.81. The van der Waals surface area contributed by atoms with Crippen LogP contribution in [0.25, 0.3) is 22.5 Å². The fourth-order valence-corrected chi connectivity index (χ4v) is 3.93. The maximum absolute atomic E-state index is 13.7. The molecule has 0 bridgehead atoms. The molecule has 1 aliphatic carbocycles. The largest absolute Gasteiger partial charge is 0.508 e. The van der Waals surface area contributed by atoms with Crippen LogP contribution in [0.2, 0.25) is 0 Å². The van der Waals surface area contributed by atoms with Gasteiger partial charge in [-0.2, -0.15) is 9.61 Å². The summed E-state index contributed by atoms with van der Waals surface area (Å²) in [5, 5.41) is 27.4. The van der Waals surface area contributed by atoms with Gasteiger partial charge in [0, 0.05) is 35.5 Å². The molecule has 5 rings (SSSR count). The number of pyridine rings is 1. The molecule has 0 spiro atoms. The van der Waals surface area contributed by atoms with Crippen LogP contribution in [-0.4, -0.2) is 36.3 Å². The second-order valence-electron chi connectivity index (χ2n) is 7.40. The van der Waals surface area contributed by atoms with Crippen LogP contribution in [0.3, 0.4) is 0 Å². The maximum atomic E-state index is 13.7. The van der Waals surface area contributed by atoms with Gasteiger partial charge in [0.1, 0.15) is 17.4 Å². The number of nitrogens with zero attached hydrogens (tertiary/aromatic N) is 4. The Balaban J connectivity index is 1.43. The number of fused-ring (bicyclic) bond motifs is 2. The molecule has 31 heavy (non-hydrogen) atoms. The molecular formula is C23H20FN5O2. The first kappa shape index (κ1) is 19.2. The van der Waals surface area contributed by atoms with Crippen molar-refractivity contribution in [1.29, 1.82) is 0 Å². The highest BCUT2D eigenvalue weighted by Crippen LogP contribution is 2.35. The normalized spacial score (nSPS) is 12.8. The van der Waals surface area contributed by atoms with E-state index in [1.54, 1.807) is 29.0 Å². The van der Waals surface area contributed by atoms with Gasteiger partial charge in [-0.15, -0.1) is 0 Å². The Bertz CT molecular complexity index is 1310. The van der Waals surface area contributed by atoms with Gasteiger partial charge in [-0.1, -0.05) is 18.2 Å². The average molecular weight is 417 g/mol. The van der Waals surface area contributed by atoms with E-state index in [-0.39, 0.29) is 6.61 Å². The number of aromatic nitrogens is 4. The Morgan fingerprint density at radius 3 is 2.90 bits per heavy atom.